The molecule has 1 saturated heterocycles. The van der Waals surface area contributed by atoms with E-state index in [1.807, 2.05) is 23.6 Å². The lowest BCUT2D eigenvalue weighted by atomic mass is 10.1. The fraction of sp³-hybridized carbons (Fsp3) is 0.500. The Morgan fingerprint density at radius 1 is 1.12 bits per heavy atom. The van der Waals surface area contributed by atoms with E-state index in [1.54, 1.807) is 30.3 Å². The molecule has 0 N–H and O–H groups in total. The third-order valence-electron chi connectivity index (χ3n) is 4.60. The van der Waals surface area contributed by atoms with Crippen LogP contribution in [0.15, 0.2) is 36.9 Å². The molecule has 1 aliphatic rings. The van der Waals surface area contributed by atoms with Gasteiger partial charge in [-0.15, -0.1) is 0 Å². The van der Waals surface area contributed by atoms with Crippen LogP contribution in [0.3, 0.4) is 0 Å². The maximum absolute atomic E-state index is 12.6. The van der Waals surface area contributed by atoms with Crippen molar-refractivity contribution in [1.82, 2.24) is 14.7 Å². The monoisotopic (exact) mass is 359 g/mol. The molecule has 2 rings (SSSR count). The zero-order chi connectivity index (χ0) is 18.9. The number of amides is 2. The molecule has 1 aromatic carbocycles. The van der Waals surface area contributed by atoms with Crippen LogP contribution in [0.1, 0.15) is 24.2 Å². The molecule has 142 valence electrons. The molecule has 0 atom stereocenters. The average Bonchev–Trinajstić information content (AvgIpc) is 2.68. The minimum atomic E-state index is 0.0231. The Bertz CT molecular complexity index is 603. The van der Waals surface area contributed by atoms with Crippen molar-refractivity contribution in [1.29, 1.82) is 0 Å². The smallest absolute Gasteiger partial charge is 0.253 e. The Balaban J connectivity index is 1.84. The molecule has 2 amide bonds. The Labute approximate surface area is 156 Å². The molecule has 26 heavy (non-hydrogen) atoms. The summed E-state index contributed by atoms with van der Waals surface area (Å²) in [4.78, 5) is 30.6. The zero-order valence-electron chi connectivity index (χ0n) is 15.8. The summed E-state index contributed by atoms with van der Waals surface area (Å²) >= 11 is 0. The van der Waals surface area contributed by atoms with Gasteiger partial charge < -0.3 is 14.5 Å². The van der Waals surface area contributed by atoms with E-state index >= 15 is 0 Å². The van der Waals surface area contributed by atoms with E-state index in [-0.39, 0.29) is 11.8 Å². The highest BCUT2D eigenvalue weighted by Crippen LogP contribution is 2.15. The topological polar surface area (TPSA) is 53.1 Å². The van der Waals surface area contributed by atoms with Gasteiger partial charge in [0.2, 0.25) is 5.91 Å². The molecule has 0 aliphatic carbocycles. The van der Waals surface area contributed by atoms with Crippen LogP contribution in [-0.4, -0.2) is 78.9 Å². The summed E-state index contributed by atoms with van der Waals surface area (Å²) in [6.07, 6.45) is 1.68. The highest BCUT2D eigenvalue weighted by atomic mass is 16.5. The number of hydrogen-bond acceptors (Lipinski definition) is 4. The summed E-state index contributed by atoms with van der Waals surface area (Å²) in [6.45, 7) is 12.7. The van der Waals surface area contributed by atoms with Crippen molar-refractivity contribution in [2.45, 2.75) is 13.8 Å². The first-order chi connectivity index (χ1) is 12.6. The van der Waals surface area contributed by atoms with Crippen molar-refractivity contribution in [3.05, 3.63) is 42.5 Å². The Morgan fingerprint density at radius 2 is 1.73 bits per heavy atom. The van der Waals surface area contributed by atoms with Crippen molar-refractivity contribution in [2.24, 2.45) is 0 Å². The quantitative estimate of drug-likeness (QED) is 0.665. The van der Waals surface area contributed by atoms with Crippen molar-refractivity contribution in [3.8, 4) is 5.75 Å². The minimum Gasteiger partial charge on any atom is -0.490 e. The molecular weight excluding hydrogens is 330 g/mol. The van der Waals surface area contributed by atoms with E-state index < -0.39 is 0 Å². The molecule has 0 radical (unpaired) electrons. The predicted octanol–water partition coefficient (Wildman–Crippen LogP) is 1.88. The molecule has 0 unspecified atom stereocenters. The number of benzene rings is 1. The molecule has 0 saturated carbocycles. The standard InChI is InChI=1S/C20H29N3O3/c1-4-15-26-18-9-7-17(8-10-18)20(25)23-13-11-21(12-14-23)16-19(24)22(5-2)6-3/h4,7-10H,1,5-6,11-16H2,2-3H3. The Hall–Kier alpha value is -2.34. The van der Waals surface area contributed by atoms with Crippen LogP contribution in [0, 0.1) is 0 Å². The molecule has 1 fully saturated rings. The normalized spacial score (nSPS) is 14.8. The summed E-state index contributed by atoms with van der Waals surface area (Å²) in [5, 5.41) is 0. The first-order valence-corrected chi connectivity index (χ1v) is 9.22. The molecule has 1 aromatic rings. The highest BCUT2D eigenvalue weighted by Gasteiger charge is 2.24. The lowest BCUT2D eigenvalue weighted by Gasteiger charge is -2.35. The predicted molar refractivity (Wildman–Crippen MR) is 102 cm³/mol. The second kappa shape index (κ2) is 9.97. The Kier molecular flexibility index (Phi) is 7.66. The summed E-state index contributed by atoms with van der Waals surface area (Å²) < 4.78 is 5.44. The molecule has 6 heteroatoms. The SMILES string of the molecule is C=CCOc1ccc(C(=O)N2CCN(CC(=O)N(CC)CC)CC2)cc1. The molecule has 0 aromatic heterocycles. The van der Waals surface area contributed by atoms with Crippen LogP contribution in [0.2, 0.25) is 0 Å². The maximum Gasteiger partial charge on any atom is 0.253 e. The Morgan fingerprint density at radius 3 is 2.27 bits per heavy atom. The van der Waals surface area contributed by atoms with E-state index in [0.29, 0.717) is 31.8 Å². The number of nitrogens with zero attached hydrogens (tertiary/aromatic N) is 3. The molecule has 1 heterocycles. The van der Waals surface area contributed by atoms with Gasteiger partial charge in [0.15, 0.2) is 0 Å². The first-order valence-electron chi connectivity index (χ1n) is 9.22. The van der Waals surface area contributed by atoms with Gasteiger partial charge in [-0.1, -0.05) is 12.7 Å². The van der Waals surface area contributed by atoms with Crippen LogP contribution in [0.5, 0.6) is 5.75 Å². The van der Waals surface area contributed by atoms with E-state index in [9.17, 15) is 9.59 Å². The highest BCUT2D eigenvalue weighted by molar-refractivity contribution is 5.94. The van der Waals surface area contributed by atoms with Gasteiger partial charge in [-0.2, -0.15) is 0 Å². The van der Waals surface area contributed by atoms with Crippen LogP contribution in [-0.2, 0) is 4.79 Å². The number of ether oxygens (including phenoxy) is 1. The molecular formula is C20H29N3O3. The van der Waals surface area contributed by atoms with Crippen molar-refractivity contribution in [2.75, 3.05) is 52.4 Å². The van der Waals surface area contributed by atoms with Gasteiger partial charge in [0.05, 0.1) is 6.54 Å². The first kappa shape index (κ1) is 20.0. The van der Waals surface area contributed by atoms with Gasteiger partial charge in [-0.3, -0.25) is 14.5 Å². The summed E-state index contributed by atoms with van der Waals surface area (Å²) in [7, 11) is 0. The molecule has 0 bridgehead atoms. The van der Waals surface area contributed by atoms with Gasteiger partial charge in [0.1, 0.15) is 12.4 Å². The lowest BCUT2D eigenvalue weighted by Crippen LogP contribution is -2.51. The second-order valence-electron chi connectivity index (χ2n) is 6.26. The van der Waals surface area contributed by atoms with E-state index in [1.165, 1.54) is 0 Å². The fourth-order valence-electron chi connectivity index (χ4n) is 3.01. The van der Waals surface area contributed by atoms with Crippen LogP contribution >= 0.6 is 0 Å². The fourth-order valence-corrected chi connectivity index (χ4v) is 3.01. The van der Waals surface area contributed by atoms with E-state index in [0.717, 1.165) is 31.9 Å². The van der Waals surface area contributed by atoms with Gasteiger partial charge in [-0.25, -0.2) is 0 Å². The number of piperazine rings is 1. The number of carbonyl (C=O) groups is 2. The third kappa shape index (κ3) is 5.33. The van der Waals surface area contributed by atoms with Crippen molar-refractivity contribution in [3.63, 3.8) is 0 Å². The summed E-state index contributed by atoms with van der Waals surface area (Å²) in [6, 6.07) is 7.18. The van der Waals surface area contributed by atoms with Gasteiger partial charge in [0, 0.05) is 44.8 Å². The van der Waals surface area contributed by atoms with Crippen molar-refractivity contribution < 1.29 is 14.3 Å². The van der Waals surface area contributed by atoms with Crippen LogP contribution < -0.4 is 4.74 Å². The van der Waals surface area contributed by atoms with E-state index in [4.69, 9.17) is 4.74 Å². The third-order valence-corrected chi connectivity index (χ3v) is 4.60. The number of hydrogen-bond donors (Lipinski definition) is 0. The summed E-state index contributed by atoms with van der Waals surface area (Å²) in [5.41, 5.74) is 0.656. The maximum atomic E-state index is 12.6. The molecule has 1 aliphatic heterocycles. The van der Waals surface area contributed by atoms with Gasteiger partial charge >= 0.3 is 0 Å². The van der Waals surface area contributed by atoms with Crippen LogP contribution in [0.4, 0.5) is 0 Å². The minimum absolute atomic E-state index is 0.0231. The summed E-state index contributed by atoms with van der Waals surface area (Å²) in [5.74, 6) is 0.904. The molecule has 0 spiro atoms. The van der Waals surface area contributed by atoms with Gasteiger partial charge in [-0.05, 0) is 38.1 Å². The van der Waals surface area contributed by atoms with Crippen LogP contribution in [0.25, 0.3) is 0 Å². The number of carbonyl (C=O) groups excluding carboxylic acids is 2. The van der Waals surface area contributed by atoms with Gasteiger partial charge in [0.25, 0.3) is 5.91 Å². The number of likely N-dealkylation sites (N-methyl/N-ethyl adjacent to an activating group) is 1. The second-order valence-corrected chi connectivity index (χ2v) is 6.26. The zero-order valence-corrected chi connectivity index (χ0v) is 15.8. The van der Waals surface area contributed by atoms with Crippen molar-refractivity contribution >= 4 is 11.8 Å². The molecule has 6 nitrogen and oxygen atoms in total. The average molecular weight is 359 g/mol. The number of rotatable bonds is 8. The lowest BCUT2D eigenvalue weighted by molar-refractivity contribution is -0.132. The largest absolute Gasteiger partial charge is 0.490 e. The van der Waals surface area contributed by atoms with E-state index in [2.05, 4.69) is 11.5 Å².